The normalized spacial score (nSPS) is 11.4. The van der Waals surface area contributed by atoms with Crippen molar-refractivity contribution in [2.24, 2.45) is 0 Å². The second-order valence-electron chi connectivity index (χ2n) is 5.26. The van der Waals surface area contributed by atoms with E-state index in [2.05, 4.69) is 10.4 Å². The van der Waals surface area contributed by atoms with Gasteiger partial charge in [0, 0.05) is 18.5 Å². The molecule has 0 aliphatic carbocycles. The van der Waals surface area contributed by atoms with Crippen LogP contribution in [0.5, 0.6) is 0 Å². The van der Waals surface area contributed by atoms with Gasteiger partial charge in [0.1, 0.15) is 5.69 Å². The highest BCUT2D eigenvalue weighted by molar-refractivity contribution is 5.67. The zero-order chi connectivity index (χ0) is 15.5. The minimum atomic E-state index is -0.894. The molecule has 0 saturated heterocycles. The number of aryl methyl sites for hydroxylation is 2. The van der Waals surface area contributed by atoms with Crippen LogP contribution in [0.4, 0.5) is 11.5 Å². The van der Waals surface area contributed by atoms with Crippen molar-refractivity contribution in [2.75, 3.05) is 5.32 Å². The molecule has 8 heteroatoms. The van der Waals surface area contributed by atoms with Crippen LogP contribution in [0.1, 0.15) is 39.3 Å². The summed E-state index contributed by atoms with van der Waals surface area (Å²) < 4.78 is 1.52. The minimum Gasteiger partial charge on any atom is -0.481 e. The SMILES string of the molecule is CCn1nc(C)c([N+](=O)[O-])c1NC(C)(C)CCC(=O)O. The lowest BCUT2D eigenvalue weighted by Crippen LogP contribution is -2.33. The zero-order valence-electron chi connectivity index (χ0n) is 12.1. The molecule has 0 unspecified atom stereocenters. The Morgan fingerprint density at radius 1 is 1.55 bits per heavy atom. The van der Waals surface area contributed by atoms with E-state index in [1.54, 1.807) is 6.92 Å². The monoisotopic (exact) mass is 284 g/mol. The molecular weight excluding hydrogens is 264 g/mol. The first kappa shape index (κ1) is 15.9. The van der Waals surface area contributed by atoms with Gasteiger partial charge >= 0.3 is 11.7 Å². The lowest BCUT2D eigenvalue weighted by molar-refractivity contribution is -0.384. The predicted molar refractivity (Wildman–Crippen MR) is 73.9 cm³/mol. The van der Waals surface area contributed by atoms with E-state index >= 15 is 0 Å². The number of hydrogen-bond donors (Lipinski definition) is 2. The van der Waals surface area contributed by atoms with Crippen molar-refractivity contribution in [1.82, 2.24) is 9.78 Å². The second-order valence-corrected chi connectivity index (χ2v) is 5.26. The third-order valence-electron chi connectivity index (χ3n) is 3.00. The summed E-state index contributed by atoms with van der Waals surface area (Å²) in [6, 6.07) is 0. The lowest BCUT2D eigenvalue weighted by Gasteiger charge is -2.26. The average Bonchev–Trinajstić information content (AvgIpc) is 2.62. The van der Waals surface area contributed by atoms with Crippen LogP contribution in [0, 0.1) is 17.0 Å². The fourth-order valence-electron chi connectivity index (χ4n) is 1.95. The van der Waals surface area contributed by atoms with E-state index in [4.69, 9.17) is 5.11 Å². The Labute approximate surface area is 116 Å². The van der Waals surface area contributed by atoms with Gasteiger partial charge in [0.25, 0.3) is 0 Å². The maximum absolute atomic E-state index is 11.1. The number of anilines is 1. The van der Waals surface area contributed by atoms with Crippen LogP contribution in [0.3, 0.4) is 0 Å². The Morgan fingerprint density at radius 2 is 2.15 bits per heavy atom. The molecule has 112 valence electrons. The smallest absolute Gasteiger partial charge is 0.333 e. The quantitative estimate of drug-likeness (QED) is 0.586. The third-order valence-corrected chi connectivity index (χ3v) is 3.00. The molecule has 0 aromatic carbocycles. The van der Waals surface area contributed by atoms with Crippen LogP contribution in [-0.2, 0) is 11.3 Å². The van der Waals surface area contributed by atoms with E-state index in [0.29, 0.717) is 24.5 Å². The molecule has 0 spiro atoms. The van der Waals surface area contributed by atoms with Gasteiger partial charge in [-0.3, -0.25) is 14.9 Å². The van der Waals surface area contributed by atoms with E-state index in [0.717, 1.165) is 0 Å². The van der Waals surface area contributed by atoms with E-state index in [9.17, 15) is 14.9 Å². The van der Waals surface area contributed by atoms with Crippen molar-refractivity contribution < 1.29 is 14.8 Å². The number of carboxylic acid groups (broad SMARTS) is 1. The Morgan fingerprint density at radius 3 is 2.60 bits per heavy atom. The summed E-state index contributed by atoms with van der Waals surface area (Å²) in [6.45, 7) is 7.53. The van der Waals surface area contributed by atoms with Gasteiger partial charge in [0.15, 0.2) is 0 Å². The molecule has 20 heavy (non-hydrogen) atoms. The highest BCUT2D eigenvalue weighted by Crippen LogP contribution is 2.31. The molecule has 0 atom stereocenters. The third kappa shape index (κ3) is 3.69. The highest BCUT2D eigenvalue weighted by Gasteiger charge is 2.29. The van der Waals surface area contributed by atoms with Crippen molar-refractivity contribution in [2.45, 2.75) is 52.6 Å². The summed E-state index contributed by atoms with van der Waals surface area (Å²) >= 11 is 0. The minimum absolute atomic E-state index is 0.00690. The topological polar surface area (TPSA) is 110 Å². The molecule has 1 aromatic heterocycles. The van der Waals surface area contributed by atoms with Gasteiger partial charge in [-0.25, -0.2) is 4.68 Å². The summed E-state index contributed by atoms with van der Waals surface area (Å²) in [7, 11) is 0. The molecule has 0 saturated carbocycles. The Balaban J connectivity index is 3.06. The molecule has 0 radical (unpaired) electrons. The van der Waals surface area contributed by atoms with Crippen LogP contribution < -0.4 is 5.32 Å². The Kier molecular flexibility index (Phi) is 4.69. The molecule has 0 bridgehead atoms. The fourth-order valence-corrected chi connectivity index (χ4v) is 1.95. The average molecular weight is 284 g/mol. The molecule has 0 amide bonds. The standard InChI is InChI=1S/C12H20N4O4/c1-5-15-11(10(16(19)20)8(2)14-15)13-12(3,4)7-6-9(17)18/h13H,5-7H2,1-4H3,(H,17,18). The van der Waals surface area contributed by atoms with Crippen molar-refractivity contribution >= 4 is 17.5 Å². The lowest BCUT2D eigenvalue weighted by atomic mass is 9.98. The molecule has 0 aliphatic heterocycles. The zero-order valence-corrected chi connectivity index (χ0v) is 12.1. The van der Waals surface area contributed by atoms with Gasteiger partial charge in [-0.15, -0.1) is 0 Å². The summed E-state index contributed by atoms with van der Waals surface area (Å²) in [5.41, 5.74) is -0.300. The summed E-state index contributed by atoms with van der Waals surface area (Å²) in [4.78, 5) is 21.3. The van der Waals surface area contributed by atoms with Gasteiger partial charge in [-0.2, -0.15) is 5.10 Å². The van der Waals surface area contributed by atoms with E-state index in [1.165, 1.54) is 4.68 Å². The summed E-state index contributed by atoms with van der Waals surface area (Å²) in [5, 5.41) is 27.1. The molecule has 8 nitrogen and oxygen atoms in total. The fraction of sp³-hybridized carbons (Fsp3) is 0.667. The molecule has 0 aliphatic rings. The molecule has 0 fully saturated rings. The van der Waals surface area contributed by atoms with Gasteiger partial charge in [-0.05, 0) is 34.1 Å². The van der Waals surface area contributed by atoms with Crippen molar-refractivity contribution in [3.63, 3.8) is 0 Å². The van der Waals surface area contributed by atoms with Gasteiger partial charge in [-0.1, -0.05) is 0 Å². The molecule has 1 aromatic rings. The predicted octanol–water partition coefficient (Wildman–Crippen LogP) is 2.17. The van der Waals surface area contributed by atoms with Crippen molar-refractivity contribution in [1.29, 1.82) is 0 Å². The number of aromatic nitrogens is 2. The van der Waals surface area contributed by atoms with Gasteiger partial charge < -0.3 is 10.4 Å². The summed E-state index contributed by atoms with van der Waals surface area (Å²) in [5.74, 6) is -0.569. The molecule has 1 rings (SSSR count). The largest absolute Gasteiger partial charge is 0.481 e. The Bertz CT molecular complexity index is 522. The molecule has 1 heterocycles. The number of nitrogens with one attached hydrogen (secondary N) is 1. The summed E-state index contributed by atoms with van der Waals surface area (Å²) in [6.07, 6.45) is 0.348. The number of carboxylic acids is 1. The van der Waals surface area contributed by atoms with E-state index in [1.807, 2.05) is 20.8 Å². The molecular formula is C12H20N4O4. The van der Waals surface area contributed by atoms with Crippen LogP contribution in [-0.4, -0.2) is 31.3 Å². The van der Waals surface area contributed by atoms with Gasteiger partial charge in [0.2, 0.25) is 5.82 Å². The van der Waals surface area contributed by atoms with Crippen molar-refractivity contribution in [3.05, 3.63) is 15.8 Å². The number of aliphatic carboxylic acids is 1. The number of rotatable bonds is 7. The van der Waals surface area contributed by atoms with E-state index < -0.39 is 16.4 Å². The van der Waals surface area contributed by atoms with Crippen LogP contribution in [0.25, 0.3) is 0 Å². The maximum Gasteiger partial charge on any atom is 0.333 e. The first-order chi connectivity index (χ1) is 9.18. The van der Waals surface area contributed by atoms with Crippen LogP contribution in [0.15, 0.2) is 0 Å². The Hall–Kier alpha value is -2.12. The van der Waals surface area contributed by atoms with Crippen LogP contribution >= 0.6 is 0 Å². The van der Waals surface area contributed by atoms with Crippen LogP contribution in [0.2, 0.25) is 0 Å². The maximum atomic E-state index is 11.1. The van der Waals surface area contributed by atoms with Crippen molar-refractivity contribution in [3.8, 4) is 0 Å². The number of carbonyl (C=O) groups is 1. The first-order valence-corrected chi connectivity index (χ1v) is 6.39. The second kappa shape index (κ2) is 5.89. The molecule has 2 N–H and O–H groups in total. The number of nitrogens with zero attached hydrogens (tertiary/aromatic N) is 3. The number of nitro groups is 1. The van der Waals surface area contributed by atoms with Gasteiger partial charge in [0.05, 0.1) is 4.92 Å². The highest BCUT2D eigenvalue weighted by atomic mass is 16.6. The van der Waals surface area contributed by atoms with E-state index in [-0.39, 0.29) is 12.1 Å². The first-order valence-electron chi connectivity index (χ1n) is 6.39. The number of hydrogen-bond acceptors (Lipinski definition) is 5.